The molecule has 0 aromatic carbocycles. The van der Waals surface area contributed by atoms with Gasteiger partial charge in [0.15, 0.2) is 0 Å². The lowest BCUT2D eigenvalue weighted by molar-refractivity contribution is 0.0945. The minimum atomic E-state index is -0.0648. The van der Waals surface area contributed by atoms with Crippen LogP contribution in [-0.2, 0) is 6.42 Å². The predicted molar refractivity (Wildman–Crippen MR) is 37.3 cm³/mol. The fourth-order valence-corrected chi connectivity index (χ4v) is 1.26. The second-order valence-corrected chi connectivity index (χ2v) is 2.57. The number of carbonyl (C=O) groups excluding carboxylic acids is 1. The molecule has 2 heterocycles. The van der Waals surface area contributed by atoms with Gasteiger partial charge >= 0.3 is 0 Å². The quantitative estimate of drug-likeness (QED) is 0.580. The van der Waals surface area contributed by atoms with E-state index in [2.05, 4.69) is 10.5 Å². The zero-order chi connectivity index (χ0) is 7.84. The van der Waals surface area contributed by atoms with Crippen LogP contribution in [0.25, 0.3) is 0 Å². The average molecular weight is 152 g/mol. The second-order valence-electron chi connectivity index (χ2n) is 2.57. The maximum absolute atomic E-state index is 11.2. The third-order valence-electron chi connectivity index (χ3n) is 1.81. The summed E-state index contributed by atoms with van der Waals surface area (Å²) in [6.07, 6.45) is 0.776. The van der Waals surface area contributed by atoms with Gasteiger partial charge in [-0.25, -0.2) is 0 Å². The largest absolute Gasteiger partial charge is 0.361 e. The molecule has 0 unspecified atom stereocenters. The number of amides is 1. The molecule has 1 N–H and O–H groups in total. The van der Waals surface area contributed by atoms with Crippen molar-refractivity contribution in [2.75, 3.05) is 6.54 Å². The monoisotopic (exact) mass is 152 g/mol. The van der Waals surface area contributed by atoms with Gasteiger partial charge in [-0.15, -0.1) is 0 Å². The van der Waals surface area contributed by atoms with E-state index >= 15 is 0 Å². The first-order valence-corrected chi connectivity index (χ1v) is 3.52. The van der Waals surface area contributed by atoms with Crippen LogP contribution in [0, 0.1) is 6.92 Å². The Hall–Kier alpha value is -1.32. The number of rotatable bonds is 0. The first-order valence-electron chi connectivity index (χ1n) is 3.52. The van der Waals surface area contributed by atoms with Crippen molar-refractivity contribution in [3.05, 3.63) is 17.0 Å². The zero-order valence-corrected chi connectivity index (χ0v) is 6.18. The van der Waals surface area contributed by atoms with Crippen molar-refractivity contribution in [2.24, 2.45) is 0 Å². The third-order valence-corrected chi connectivity index (χ3v) is 1.81. The van der Waals surface area contributed by atoms with Gasteiger partial charge in [0, 0.05) is 13.0 Å². The lowest BCUT2D eigenvalue weighted by Gasteiger charge is -2.09. The molecule has 0 fully saturated rings. The molecule has 11 heavy (non-hydrogen) atoms. The Morgan fingerprint density at radius 3 is 3.18 bits per heavy atom. The molecule has 0 spiro atoms. The van der Waals surface area contributed by atoms with Crippen molar-refractivity contribution in [1.29, 1.82) is 0 Å². The maximum Gasteiger partial charge on any atom is 0.256 e. The van der Waals surface area contributed by atoms with Gasteiger partial charge in [0.25, 0.3) is 5.91 Å². The molecule has 58 valence electrons. The predicted octanol–water partition coefficient (Wildman–Crippen LogP) is 0.269. The lowest BCUT2D eigenvalue weighted by atomic mass is 10.1. The highest BCUT2D eigenvalue weighted by Crippen LogP contribution is 2.15. The Morgan fingerprint density at radius 2 is 2.45 bits per heavy atom. The second kappa shape index (κ2) is 2.08. The lowest BCUT2D eigenvalue weighted by Crippen LogP contribution is -2.31. The fraction of sp³-hybridized carbons (Fsp3) is 0.429. The van der Waals surface area contributed by atoms with Crippen molar-refractivity contribution in [1.82, 2.24) is 10.5 Å². The van der Waals surface area contributed by atoms with Crippen LogP contribution >= 0.6 is 0 Å². The number of nitrogens with one attached hydrogen (secondary N) is 1. The normalized spacial score (nSPS) is 15.9. The van der Waals surface area contributed by atoms with Gasteiger partial charge in [0.1, 0.15) is 11.3 Å². The van der Waals surface area contributed by atoms with E-state index in [9.17, 15) is 4.79 Å². The van der Waals surface area contributed by atoms with E-state index in [1.165, 1.54) is 0 Å². The number of carbonyl (C=O) groups is 1. The summed E-state index contributed by atoms with van der Waals surface area (Å²) in [5, 5.41) is 6.50. The standard InChI is InChI=1S/C7H8N2O2/c1-4-6-5(9-11-4)2-3-8-7(6)10/h2-3H2,1H3,(H,8,10). The summed E-state index contributed by atoms with van der Waals surface area (Å²) in [7, 11) is 0. The number of hydrogen-bond acceptors (Lipinski definition) is 3. The SMILES string of the molecule is Cc1onc2c1C(=O)NCC2. The van der Waals surface area contributed by atoms with Gasteiger partial charge in [-0.3, -0.25) is 4.79 Å². The highest BCUT2D eigenvalue weighted by molar-refractivity contribution is 5.97. The molecule has 0 bridgehead atoms. The summed E-state index contributed by atoms with van der Waals surface area (Å²) in [5.74, 6) is 0.544. The molecule has 1 aromatic heterocycles. The summed E-state index contributed by atoms with van der Waals surface area (Å²) in [4.78, 5) is 11.2. The van der Waals surface area contributed by atoms with Crippen LogP contribution in [0.1, 0.15) is 21.8 Å². The number of hydrogen-bond donors (Lipinski definition) is 1. The summed E-state index contributed by atoms with van der Waals surface area (Å²) in [5.41, 5.74) is 1.41. The van der Waals surface area contributed by atoms with Crippen LogP contribution in [0.2, 0.25) is 0 Å². The van der Waals surface area contributed by atoms with Crippen molar-refractivity contribution in [3.63, 3.8) is 0 Å². The number of aromatic nitrogens is 1. The summed E-state index contributed by atoms with van der Waals surface area (Å²) in [6, 6.07) is 0. The number of nitrogens with zero attached hydrogens (tertiary/aromatic N) is 1. The smallest absolute Gasteiger partial charge is 0.256 e. The summed E-state index contributed by atoms with van der Waals surface area (Å²) >= 11 is 0. The maximum atomic E-state index is 11.2. The molecule has 0 aliphatic carbocycles. The number of fused-ring (bicyclic) bond motifs is 1. The van der Waals surface area contributed by atoms with E-state index in [1.807, 2.05) is 0 Å². The van der Waals surface area contributed by atoms with Gasteiger partial charge in [0.05, 0.1) is 5.69 Å². The van der Waals surface area contributed by atoms with Crippen LogP contribution in [0.3, 0.4) is 0 Å². The molecule has 1 aliphatic rings. The molecule has 2 rings (SSSR count). The molecule has 0 saturated heterocycles. The van der Waals surface area contributed by atoms with Crippen molar-refractivity contribution in [2.45, 2.75) is 13.3 Å². The molecule has 0 saturated carbocycles. The van der Waals surface area contributed by atoms with Gasteiger partial charge in [-0.05, 0) is 6.92 Å². The Bertz CT molecular complexity index is 303. The van der Waals surface area contributed by atoms with Crippen molar-refractivity contribution >= 4 is 5.91 Å². The minimum Gasteiger partial charge on any atom is -0.361 e. The molecule has 1 amide bonds. The van der Waals surface area contributed by atoms with E-state index < -0.39 is 0 Å². The molecule has 4 heteroatoms. The van der Waals surface area contributed by atoms with E-state index in [1.54, 1.807) is 6.92 Å². The van der Waals surface area contributed by atoms with E-state index in [4.69, 9.17) is 4.52 Å². The average Bonchev–Trinajstić information content (AvgIpc) is 2.34. The van der Waals surface area contributed by atoms with Crippen LogP contribution in [0.5, 0.6) is 0 Å². The van der Waals surface area contributed by atoms with E-state index in [0.29, 0.717) is 17.9 Å². The van der Waals surface area contributed by atoms with Crippen molar-refractivity contribution in [3.8, 4) is 0 Å². The van der Waals surface area contributed by atoms with Crippen LogP contribution < -0.4 is 5.32 Å². The first-order chi connectivity index (χ1) is 5.29. The molecular weight excluding hydrogens is 144 g/mol. The Kier molecular flexibility index (Phi) is 1.21. The van der Waals surface area contributed by atoms with Crippen molar-refractivity contribution < 1.29 is 9.32 Å². The Labute approximate surface area is 63.6 Å². The molecule has 1 aromatic rings. The van der Waals surface area contributed by atoms with Gasteiger partial charge in [-0.1, -0.05) is 5.16 Å². The molecule has 0 radical (unpaired) electrons. The first kappa shape index (κ1) is 6.39. The zero-order valence-electron chi connectivity index (χ0n) is 6.18. The molecule has 0 atom stereocenters. The van der Waals surface area contributed by atoms with Gasteiger partial charge < -0.3 is 9.84 Å². The number of aryl methyl sites for hydroxylation is 1. The topological polar surface area (TPSA) is 55.1 Å². The van der Waals surface area contributed by atoms with Gasteiger partial charge in [-0.2, -0.15) is 0 Å². The Balaban J connectivity index is 2.56. The van der Waals surface area contributed by atoms with Crippen LogP contribution in [0.4, 0.5) is 0 Å². The molecular formula is C7H8N2O2. The Morgan fingerprint density at radius 1 is 1.64 bits per heavy atom. The summed E-state index contributed by atoms with van der Waals surface area (Å²) in [6.45, 7) is 2.41. The summed E-state index contributed by atoms with van der Waals surface area (Å²) < 4.78 is 4.88. The highest BCUT2D eigenvalue weighted by Gasteiger charge is 2.23. The van der Waals surface area contributed by atoms with Crippen LogP contribution in [-0.4, -0.2) is 17.6 Å². The van der Waals surface area contributed by atoms with E-state index in [0.717, 1.165) is 12.1 Å². The molecule has 1 aliphatic heterocycles. The highest BCUT2D eigenvalue weighted by atomic mass is 16.5. The van der Waals surface area contributed by atoms with E-state index in [-0.39, 0.29) is 5.91 Å². The van der Waals surface area contributed by atoms with Gasteiger partial charge in [0.2, 0.25) is 0 Å². The third kappa shape index (κ3) is 0.824. The molecule has 4 nitrogen and oxygen atoms in total. The van der Waals surface area contributed by atoms with Crippen LogP contribution in [0.15, 0.2) is 4.52 Å². The fourth-order valence-electron chi connectivity index (χ4n) is 1.26. The minimum absolute atomic E-state index is 0.0648.